The first-order valence-electron chi connectivity index (χ1n) is 4.88. The summed E-state index contributed by atoms with van der Waals surface area (Å²) < 4.78 is 0. The Morgan fingerprint density at radius 1 is 1.14 bits per heavy atom. The molecule has 2 rings (SSSR count). The molecule has 14 heavy (non-hydrogen) atoms. The largest absolute Gasteiger partial charge is 0.481 e. The molecule has 2 fully saturated rings. The fourth-order valence-corrected chi connectivity index (χ4v) is 2.57. The van der Waals surface area contributed by atoms with Gasteiger partial charge in [-0.05, 0) is 19.3 Å². The fourth-order valence-electron chi connectivity index (χ4n) is 2.57. The Balaban J connectivity index is 2.13. The van der Waals surface area contributed by atoms with Crippen molar-refractivity contribution in [3.8, 4) is 0 Å². The smallest absolute Gasteiger partial charge is 0.306 e. The summed E-state index contributed by atoms with van der Waals surface area (Å²) in [5.74, 6) is -1.76. The van der Waals surface area contributed by atoms with Crippen LogP contribution in [0.25, 0.3) is 0 Å². The van der Waals surface area contributed by atoms with Crippen molar-refractivity contribution in [2.24, 2.45) is 17.8 Å². The van der Waals surface area contributed by atoms with E-state index in [2.05, 4.69) is 0 Å². The number of rotatable bonds is 1. The van der Waals surface area contributed by atoms with Gasteiger partial charge in [0.1, 0.15) is 11.6 Å². The Kier molecular flexibility index (Phi) is 2.13. The number of carbonyl (C=O) groups is 3. The number of fused-ring (bicyclic) bond motifs is 1. The van der Waals surface area contributed by atoms with Crippen molar-refractivity contribution >= 4 is 17.5 Å². The Morgan fingerprint density at radius 3 is 2.43 bits per heavy atom. The van der Waals surface area contributed by atoms with Crippen molar-refractivity contribution in [2.75, 3.05) is 0 Å². The highest BCUT2D eigenvalue weighted by Gasteiger charge is 2.46. The van der Waals surface area contributed by atoms with Crippen LogP contribution < -0.4 is 0 Å². The molecule has 0 bridgehead atoms. The second-order valence-electron chi connectivity index (χ2n) is 4.17. The molecule has 2 saturated carbocycles. The Morgan fingerprint density at radius 2 is 1.79 bits per heavy atom. The first-order valence-corrected chi connectivity index (χ1v) is 4.88. The molecule has 2 aliphatic rings. The Labute approximate surface area is 81.3 Å². The second-order valence-corrected chi connectivity index (χ2v) is 4.17. The standard InChI is InChI=1S/C10H12O4/c11-8-4-9(12)7-3-5(10(13)14)1-2-6(7)8/h5-7H,1-4H2,(H,13,14)/t5-,6-,7-/m1/s1. The molecule has 1 N–H and O–H groups in total. The number of carboxylic acid groups (broad SMARTS) is 1. The molecule has 0 aliphatic heterocycles. The summed E-state index contributed by atoms with van der Waals surface area (Å²) in [7, 11) is 0. The molecular formula is C10H12O4. The highest BCUT2D eigenvalue weighted by atomic mass is 16.4. The highest BCUT2D eigenvalue weighted by Crippen LogP contribution is 2.40. The van der Waals surface area contributed by atoms with Crippen LogP contribution in [0.1, 0.15) is 25.7 Å². The van der Waals surface area contributed by atoms with Crippen LogP contribution in [-0.4, -0.2) is 22.6 Å². The van der Waals surface area contributed by atoms with Gasteiger partial charge in [-0.15, -0.1) is 0 Å². The third-order valence-electron chi connectivity index (χ3n) is 3.38. The Bertz CT molecular complexity index is 307. The van der Waals surface area contributed by atoms with Gasteiger partial charge in [0, 0.05) is 11.8 Å². The fraction of sp³-hybridized carbons (Fsp3) is 0.700. The SMILES string of the molecule is O=C(O)[C@@H]1CC[C@H]2C(=O)CC(=O)[C@@H]2C1. The van der Waals surface area contributed by atoms with E-state index >= 15 is 0 Å². The van der Waals surface area contributed by atoms with Crippen LogP contribution in [0.3, 0.4) is 0 Å². The maximum absolute atomic E-state index is 11.4. The van der Waals surface area contributed by atoms with E-state index in [9.17, 15) is 14.4 Å². The molecule has 0 amide bonds. The summed E-state index contributed by atoms with van der Waals surface area (Å²) in [5.41, 5.74) is 0. The lowest BCUT2D eigenvalue weighted by atomic mass is 9.75. The van der Waals surface area contributed by atoms with Crippen molar-refractivity contribution in [3.05, 3.63) is 0 Å². The second kappa shape index (κ2) is 3.19. The van der Waals surface area contributed by atoms with Crippen LogP contribution in [0.4, 0.5) is 0 Å². The number of carbonyl (C=O) groups excluding carboxylic acids is 2. The number of ketones is 2. The number of Topliss-reactive ketones (excluding diaryl/α,β-unsaturated/α-hetero) is 2. The zero-order valence-electron chi connectivity index (χ0n) is 7.73. The van der Waals surface area contributed by atoms with Crippen LogP contribution in [0, 0.1) is 17.8 Å². The Hall–Kier alpha value is -1.19. The van der Waals surface area contributed by atoms with E-state index in [-0.39, 0.29) is 29.8 Å². The third-order valence-corrected chi connectivity index (χ3v) is 3.38. The van der Waals surface area contributed by atoms with Gasteiger partial charge >= 0.3 is 5.97 Å². The molecule has 2 aliphatic carbocycles. The number of hydrogen-bond donors (Lipinski definition) is 1. The van der Waals surface area contributed by atoms with E-state index in [0.717, 1.165) is 0 Å². The van der Waals surface area contributed by atoms with Crippen LogP contribution in [-0.2, 0) is 14.4 Å². The predicted molar refractivity (Wildman–Crippen MR) is 46.6 cm³/mol. The number of carboxylic acids is 1. The van der Waals surface area contributed by atoms with Crippen LogP contribution in [0.2, 0.25) is 0 Å². The minimum atomic E-state index is -0.837. The van der Waals surface area contributed by atoms with E-state index in [1.54, 1.807) is 0 Å². The summed E-state index contributed by atoms with van der Waals surface area (Å²) in [5, 5.41) is 8.81. The molecule has 0 unspecified atom stereocenters. The maximum atomic E-state index is 11.4. The molecule has 4 nitrogen and oxygen atoms in total. The van der Waals surface area contributed by atoms with Gasteiger partial charge in [0.15, 0.2) is 0 Å². The van der Waals surface area contributed by atoms with Crippen LogP contribution >= 0.6 is 0 Å². The average molecular weight is 196 g/mol. The normalized spacial score (nSPS) is 37.0. The lowest BCUT2D eigenvalue weighted by Crippen LogP contribution is -2.30. The van der Waals surface area contributed by atoms with E-state index in [1.807, 2.05) is 0 Å². The predicted octanol–water partition coefficient (Wildman–Crippen LogP) is 0.645. The van der Waals surface area contributed by atoms with Gasteiger partial charge in [-0.3, -0.25) is 14.4 Å². The summed E-state index contributed by atoms with van der Waals surface area (Å²) in [6.07, 6.45) is 1.51. The molecular weight excluding hydrogens is 184 g/mol. The molecule has 0 saturated heterocycles. The van der Waals surface area contributed by atoms with Gasteiger partial charge in [-0.2, -0.15) is 0 Å². The van der Waals surface area contributed by atoms with Crippen LogP contribution in [0.5, 0.6) is 0 Å². The first kappa shape index (κ1) is 9.37. The van der Waals surface area contributed by atoms with E-state index in [1.165, 1.54) is 0 Å². The van der Waals surface area contributed by atoms with E-state index in [0.29, 0.717) is 19.3 Å². The zero-order valence-corrected chi connectivity index (χ0v) is 7.73. The molecule has 3 atom stereocenters. The quantitative estimate of drug-likeness (QED) is 0.625. The number of hydrogen-bond acceptors (Lipinski definition) is 3. The molecule has 0 aromatic carbocycles. The lowest BCUT2D eigenvalue weighted by molar-refractivity contribution is -0.144. The van der Waals surface area contributed by atoms with Crippen LogP contribution in [0.15, 0.2) is 0 Å². The summed E-state index contributed by atoms with van der Waals surface area (Å²) in [6, 6.07) is 0. The minimum absolute atomic E-state index is 0.0174. The molecule has 0 radical (unpaired) electrons. The van der Waals surface area contributed by atoms with Crippen molar-refractivity contribution in [1.82, 2.24) is 0 Å². The van der Waals surface area contributed by atoms with E-state index in [4.69, 9.17) is 5.11 Å². The van der Waals surface area contributed by atoms with Gasteiger partial charge in [-0.25, -0.2) is 0 Å². The summed E-state index contributed by atoms with van der Waals surface area (Å²) in [4.78, 5) is 33.4. The van der Waals surface area contributed by atoms with E-state index < -0.39 is 11.9 Å². The molecule has 0 heterocycles. The van der Waals surface area contributed by atoms with Gasteiger partial charge < -0.3 is 5.11 Å². The van der Waals surface area contributed by atoms with Gasteiger partial charge in [0.05, 0.1) is 12.3 Å². The van der Waals surface area contributed by atoms with Crippen molar-refractivity contribution < 1.29 is 19.5 Å². The molecule has 0 aromatic heterocycles. The number of aliphatic carboxylic acids is 1. The van der Waals surface area contributed by atoms with Crippen molar-refractivity contribution in [1.29, 1.82) is 0 Å². The third kappa shape index (κ3) is 1.35. The average Bonchev–Trinajstić information content (AvgIpc) is 2.42. The first-order chi connectivity index (χ1) is 6.59. The molecule has 76 valence electrons. The highest BCUT2D eigenvalue weighted by molar-refractivity contribution is 6.08. The van der Waals surface area contributed by atoms with Gasteiger partial charge in [0.2, 0.25) is 0 Å². The topological polar surface area (TPSA) is 71.4 Å². The zero-order chi connectivity index (χ0) is 10.3. The lowest BCUT2D eigenvalue weighted by Gasteiger charge is -2.27. The monoisotopic (exact) mass is 196 g/mol. The molecule has 0 aromatic rings. The summed E-state index contributed by atoms with van der Waals surface area (Å²) in [6.45, 7) is 0. The van der Waals surface area contributed by atoms with Gasteiger partial charge in [-0.1, -0.05) is 0 Å². The van der Waals surface area contributed by atoms with Crippen molar-refractivity contribution in [2.45, 2.75) is 25.7 Å². The maximum Gasteiger partial charge on any atom is 0.306 e. The molecule has 0 spiro atoms. The molecule has 4 heteroatoms. The van der Waals surface area contributed by atoms with Crippen molar-refractivity contribution in [3.63, 3.8) is 0 Å². The minimum Gasteiger partial charge on any atom is -0.481 e. The summed E-state index contributed by atoms with van der Waals surface area (Å²) >= 11 is 0. The van der Waals surface area contributed by atoms with Gasteiger partial charge in [0.25, 0.3) is 0 Å².